The molecule has 1 heterocycles. The Labute approximate surface area is 130 Å². The molecule has 21 heavy (non-hydrogen) atoms. The highest BCUT2D eigenvalue weighted by Gasteiger charge is 2.10. The number of hydrogen-bond donors (Lipinski definition) is 1. The third-order valence-electron chi connectivity index (χ3n) is 3.27. The first-order chi connectivity index (χ1) is 9.81. The molecule has 0 aliphatic carbocycles. The molecule has 0 saturated heterocycles. The number of hydrogen-bond acceptors (Lipinski definition) is 4. The second-order valence-electron chi connectivity index (χ2n) is 6.92. The predicted molar refractivity (Wildman–Crippen MR) is 91.9 cm³/mol. The molecule has 4 heteroatoms. The van der Waals surface area contributed by atoms with E-state index in [1.54, 1.807) is 0 Å². The van der Waals surface area contributed by atoms with Crippen LogP contribution in [0.2, 0.25) is 0 Å². The molecule has 0 aromatic carbocycles. The van der Waals surface area contributed by atoms with Gasteiger partial charge in [-0.15, -0.1) is 0 Å². The molecule has 1 aromatic heterocycles. The van der Waals surface area contributed by atoms with Crippen LogP contribution in [0.3, 0.4) is 0 Å². The minimum atomic E-state index is 0.138. The van der Waals surface area contributed by atoms with Crippen LogP contribution in [0, 0.1) is 0 Å². The number of pyridine rings is 1. The van der Waals surface area contributed by atoms with Gasteiger partial charge in [-0.25, -0.2) is 4.98 Å². The Morgan fingerprint density at radius 3 is 2.29 bits per heavy atom. The largest absolute Gasteiger partial charge is 0.355 e. The first-order valence-electron chi connectivity index (χ1n) is 7.91. The third-order valence-corrected chi connectivity index (χ3v) is 3.27. The zero-order chi connectivity index (χ0) is 15.9. The van der Waals surface area contributed by atoms with Crippen molar-refractivity contribution in [2.45, 2.75) is 46.2 Å². The van der Waals surface area contributed by atoms with Crippen LogP contribution < -0.4 is 10.2 Å². The van der Waals surface area contributed by atoms with E-state index in [4.69, 9.17) is 0 Å². The van der Waals surface area contributed by atoms with Crippen molar-refractivity contribution in [3.63, 3.8) is 0 Å². The maximum atomic E-state index is 4.64. The summed E-state index contributed by atoms with van der Waals surface area (Å²) in [6, 6.07) is 4.32. The van der Waals surface area contributed by atoms with Crippen molar-refractivity contribution >= 4 is 5.82 Å². The fraction of sp³-hybridized carbons (Fsp3) is 0.706. The Morgan fingerprint density at radius 2 is 1.81 bits per heavy atom. The monoisotopic (exact) mass is 292 g/mol. The van der Waals surface area contributed by atoms with Crippen LogP contribution in [-0.2, 0) is 6.54 Å². The van der Waals surface area contributed by atoms with Gasteiger partial charge in [0.1, 0.15) is 5.82 Å². The summed E-state index contributed by atoms with van der Waals surface area (Å²) in [7, 11) is 4.22. The topological polar surface area (TPSA) is 31.4 Å². The average molecular weight is 292 g/mol. The first kappa shape index (κ1) is 17.9. The molecule has 0 spiro atoms. The van der Waals surface area contributed by atoms with E-state index in [1.165, 1.54) is 5.56 Å². The van der Waals surface area contributed by atoms with Gasteiger partial charge in [-0.3, -0.25) is 0 Å². The first-order valence-corrected chi connectivity index (χ1v) is 7.91. The quantitative estimate of drug-likeness (QED) is 0.798. The lowest BCUT2D eigenvalue weighted by Gasteiger charge is -2.25. The summed E-state index contributed by atoms with van der Waals surface area (Å²) in [4.78, 5) is 9.22. The van der Waals surface area contributed by atoms with E-state index < -0.39 is 0 Å². The van der Waals surface area contributed by atoms with Gasteiger partial charge in [-0.05, 0) is 52.9 Å². The van der Waals surface area contributed by atoms with Gasteiger partial charge < -0.3 is 15.1 Å². The molecule has 0 radical (unpaired) electrons. The molecular formula is C17H32N4. The molecule has 0 atom stereocenters. The lowest BCUT2D eigenvalue weighted by atomic mass is 10.1. The predicted octanol–water partition coefficient (Wildman–Crippen LogP) is 2.75. The van der Waals surface area contributed by atoms with Gasteiger partial charge >= 0.3 is 0 Å². The molecule has 1 aromatic rings. The van der Waals surface area contributed by atoms with Gasteiger partial charge in [-0.2, -0.15) is 0 Å². The van der Waals surface area contributed by atoms with Crippen molar-refractivity contribution < 1.29 is 0 Å². The lowest BCUT2D eigenvalue weighted by Crippen LogP contribution is -2.35. The Kier molecular flexibility index (Phi) is 7.12. The molecule has 0 unspecified atom stereocenters. The molecule has 4 nitrogen and oxygen atoms in total. The summed E-state index contributed by atoms with van der Waals surface area (Å²) in [6.45, 7) is 12.7. The standard InChI is InChI=1S/C17H32N4/c1-7-10-21(12-11-20(5)6)16-9-8-15(13-18-16)14-19-17(2,3)4/h8-9,13,19H,7,10-12,14H2,1-6H3. The van der Waals surface area contributed by atoms with Crippen molar-refractivity contribution in [3.8, 4) is 0 Å². The number of nitrogens with one attached hydrogen (secondary N) is 1. The van der Waals surface area contributed by atoms with Crippen LogP contribution in [0.4, 0.5) is 5.82 Å². The van der Waals surface area contributed by atoms with Gasteiger partial charge in [0.15, 0.2) is 0 Å². The smallest absolute Gasteiger partial charge is 0.128 e. The van der Waals surface area contributed by atoms with Gasteiger partial charge in [0, 0.05) is 37.9 Å². The SMILES string of the molecule is CCCN(CCN(C)C)c1ccc(CNC(C)(C)C)cn1. The minimum absolute atomic E-state index is 0.138. The summed E-state index contributed by atoms with van der Waals surface area (Å²) in [5.41, 5.74) is 1.37. The summed E-state index contributed by atoms with van der Waals surface area (Å²) in [5.74, 6) is 1.08. The van der Waals surface area contributed by atoms with E-state index in [9.17, 15) is 0 Å². The second kappa shape index (κ2) is 8.35. The summed E-state index contributed by atoms with van der Waals surface area (Å²) < 4.78 is 0. The lowest BCUT2D eigenvalue weighted by molar-refractivity contribution is 0.412. The van der Waals surface area contributed by atoms with Crippen LogP contribution in [0.1, 0.15) is 39.7 Å². The van der Waals surface area contributed by atoms with Crippen LogP contribution in [-0.4, -0.2) is 49.2 Å². The van der Waals surface area contributed by atoms with E-state index in [2.05, 4.69) is 74.0 Å². The van der Waals surface area contributed by atoms with E-state index in [-0.39, 0.29) is 5.54 Å². The van der Waals surface area contributed by atoms with E-state index in [0.717, 1.165) is 38.4 Å². The normalized spacial score (nSPS) is 12.0. The summed E-state index contributed by atoms with van der Waals surface area (Å²) in [5, 5.41) is 3.49. The molecule has 0 fully saturated rings. The van der Waals surface area contributed by atoms with Gasteiger partial charge in [-0.1, -0.05) is 13.0 Å². The molecule has 1 rings (SSSR count). The number of anilines is 1. The second-order valence-corrected chi connectivity index (χ2v) is 6.92. The fourth-order valence-corrected chi connectivity index (χ4v) is 2.01. The highest BCUT2D eigenvalue weighted by atomic mass is 15.2. The molecule has 0 aliphatic heterocycles. The molecular weight excluding hydrogens is 260 g/mol. The fourth-order valence-electron chi connectivity index (χ4n) is 2.01. The number of aromatic nitrogens is 1. The van der Waals surface area contributed by atoms with Crippen molar-refractivity contribution in [1.82, 2.24) is 15.2 Å². The maximum Gasteiger partial charge on any atom is 0.128 e. The van der Waals surface area contributed by atoms with Gasteiger partial charge in [0.25, 0.3) is 0 Å². The van der Waals surface area contributed by atoms with E-state index >= 15 is 0 Å². The highest BCUT2D eigenvalue weighted by molar-refractivity contribution is 5.39. The Balaban J connectivity index is 2.64. The summed E-state index contributed by atoms with van der Waals surface area (Å²) >= 11 is 0. The van der Waals surface area contributed by atoms with Crippen molar-refractivity contribution in [1.29, 1.82) is 0 Å². The van der Waals surface area contributed by atoms with Gasteiger partial charge in [0.2, 0.25) is 0 Å². The molecule has 0 bridgehead atoms. The van der Waals surface area contributed by atoms with Crippen LogP contribution in [0.5, 0.6) is 0 Å². The molecule has 0 saturated carbocycles. The van der Waals surface area contributed by atoms with Crippen LogP contribution in [0.15, 0.2) is 18.3 Å². The zero-order valence-corrected chi connectivity index (χ0v) is 14.6. The zero-order valence-electron chi connectivity index (χ0n) is 14.6. The Bertz CT molecular complexity index is 392. The van der Waals surface area contributed by atoms with E-state index in [0.29, 0.717) is 0 Å². The van der Waals surface area contributed by atoms with Crippen molar-refractivity contribution in [2.24, 2.45) is 0 Å². The van der Waals surface area contributed by atoms with E-state index in [1.807, 2.05) is 6.20 Å². The Hall–Kier alpha value is -1.13. The molecule has 1 N–H and O–H groups in total. The van der Waals surface area contributed by atoms with Crippen molar-refractivity contribution in [3.05, 3.63) is 23.9 Å². The summed E-state index contributed by atoms with van der Waals surface area (Å²) in [6.07, 6.45) is 3.13. The number of nitrogens with zero attached hydrogens (tertiary/aromatic N) is 3. The van der Waals surface area contributed by atoms with Crippen LogP contribution >= 0.6 is 0 Å². The number of likely N-dealkylation sites (N-methyl/N-ethyl adjacent to an activating group) is 1. The molecule has 0 amide bonds. The molecule has 0 aliphatic rings. The number of rotatable bonds is 8. The third kappa shape index (κ3) is 7.44. The van der Waals surface area contributed by atoms with Gasteiger partial charge in [0.05, 0.1) is 0 Å². The van der Waals surface area contributed by atoms with Crippen LogP contribution in [0.25, 0.3) is 0 Å². The molecule has 120 valence electrons. The highest BCUT2D eigenvalue weighted by Crippen LogP contribution is 2.12. The maximum absolute atomic E-state index is 4.64. The minimum Gasteiger partial charge on any atom is -0.355 e. The Morgan fingerprint density at radius 1 is 1.10 bits per heavy atom. The van der Waals surface area contributed by atoms with Crippen molar-refractivity contribution in [2.75, 3.05) is 38.6 Å². The average Bonchev–Trinajstić information content (AvgIpc) is 2.41.